The number of aromatic nitrogens is 4. The fourth-order valence-corrected chi connectivity index (χ4v) is 1.77. The first-order valence-electron chi connectivity index (χ1n) is 4.29. The number of hydrazine groups is 1. The van der Waals surface area contributed by atoms with Crippen molar-refractivity contribution >= 4 is 44.3 Å². The molecule has 2 rings (SSSR count). The van der Waals surface area contributed by atoms with Crippen molar-refractivity contribution in [2.75, 3.05) is 10.7 Å². The summed E-state index contributed by atoms with van der Waals surface area (Å²) in [5, 5.41) is 9.80. The maximum atomic E-state index is 11.9. The highest BCUT2D eigenvalue weighted by Crippen LogP contribution is 2.18. The summed E-state index contributed by atoms with van der Waals surface area (Å²) < 4.78 is 4.19. The van der Waals surface area contributed by atoms with Gasteiger partial charge in [-0.25, -0.2) is 10.8 Å². The SMILES string of the molecule is NNc1ncc(Br)cc1C(=O)Nc1nnns1. The Kier molecular flexibility index (Phi) is 3.56. The Balaban J connectivity index is 2.26. The van der Waals surface area contributed by atoms with Gasteiger partial charge in [0, 0.05) is 22.2 Å². The Labute approximate surface area is 108 Å². The molecule has 8 nitrogen and oxygen atoms in total. The number of nitrogen functional groups attached to an aromatic ring is 1. The smallest absolute Gasteiger partial charge is 0.261 e. The zero-order valence-corrected chi connectivity index (χ0v) is 10.6. The molecule has 0 atom stereocenters. The largest absolute Gasteiger partial charge is 0.308 e. The topological polar surface area (TPSA) is 119 Å². The van der Waals surface area contributed by atoms with Gasteiger partial charge in [-0.1, -0.05) is 9.59 Å². The molecule has 4 N–H and O–H groups in total. The second-order valence-corrected chi connectivity index (χ2v) is 4.46. The lowest BCUT2D eigenvalue weighted by atomic mass is 10.2. The first-order chi connectivity index (χ1) is 8.20. The van der Waals surface area contributed by atoms with E-state index in [4.69, 9.17) is 5.84 Å². The van der Waals surface area contributed by atoms with Crippen LogP contribution in [0.15, 0.2) is 16.7 Å². The summed E-state index contributed by atoms with van der Waals surface area (Å²) in [6.45, 7) is 0. The molecular weight excluding hydrogens is 310 g/mol. The molecule has 10 heteroatoms. The van der Waals surface area contributed by atoms with Crippen LogP contribution in [0.3, 0.4) is 0 Å². The van der Waals surface area contributed by atoms with E-state index in [0.29, 0.717) is 9.60 Å². The number of halogens is 1. The highest BCUT2D eigenvalue weighted by molar-refractivity contribution is 9.10. The summed E-state index contributed by atoms with van der Waals surface area (Å²) in [4.78, 5) is 15.8. The standard InChI is InChI=1S/C7H6BrN7OS/c8-3-1-4(5(12-9)10-2-3)6(16)11-7-13-14-15-17-7/h1-2H,9H2,(H,10,12)(H,11,13,15,16). The Hall–Kier alpha value is -1.65. The molecule has 0 aliphatic rings. The van der Waals surface area contributed by atoms with E-state index < -0.39 is 5.91 Å². The minimum Gasteiger partial charge on any atom is -0.308 e. The van der Waals surface area contributed by atoms with Crippen LogP contribution in [0.2, 0.25) is 0 Å². The molecule has 0 radical (unpaired) electrons. The second-order valence-electron chi connectivity index (χ2n) is 2.82. The Morgan fingerprint density at radius 3 is 3.00 bits per heavy atom. The molecule has 0 aliphatic carbocycles. The molecule has 2 aromatic heterocycles. The highest BCUT2D eigenvalue weighted by Gasteiger charge is 2.14. The number of nitrogens with one attached hydrogen (secondary N) is 2. The lowest BCUT2D eigenvalue weighted by Gasteiger charge is -2.06. The third-order valence-electron chi connectivity index (χ3n) is 1.76. The molecule has 0 saturated heterocycles. The zero-order chi connectivity index (χ0) is 12.3. The first kappa shape index (κ1) is 11.8. The molecule has 17 heavy (non-hydrogen) atoms. The van der Waals surface area contributed by atoms with Gasteiger partial charge in [0.1, 0.15) is 0 Å². The number of carbonyl (C=O) groups excluding carboxylic acids is 1. The molecule has 0 unspecified atom stereocenters. The van der Waals surface area contributed by atoms with E-state index in [-0.39, 0.29) is 11.4 Å². The van der Waals surface area contributed by atoms with E-state index in [2.05, 4.69) is 46.5 Å². The molecule has 2 aromatic rings. The number of anilines is 2. The monoisotopic (exact) mass is 315 g/mol. The van der Waals surface area contributed by atoms with E-state index in [1.54, 1.807) is 6.07 Å². The third kappa shape index (κ3) is 2.72. The lowest BCUT2D eigenvalue weighted by Crippen LogP contribution is -2.18. The molecule has 2 heterocycles. The molecule has 0 bridgehead atoms. The van der Waals surface area contributed by atoms with Crippen molar-refractivity contribution in [3.05, 3.63) is 22.3 Å². The number of hydrogen-bond donors (Lipinski definition) is 3. The third-order valence-corrected chi connectivity index (χ3v) is 2.70. The Bertz CT molecular complexity index is 531. The number of amides is 1. The van der Waals surface area contributed by atoms with Gasteiger partial charge in [-0.3, -0.25) is 10.1 Å². The van der Waals surface area contributed by atoms with Gasteiger partial charge in [-0.05, 0) is 27.2 Å². The van der Waals surface area contributed by atoms with Crippen molar-refractivity contribution in [3.63, 3.8) is 0 Å². The second kappa shape index (κ2) is 5.12. The lowest BCUT2D eigenvalue weighted by molar-refractivity contribution is 0.102. The van der Waals surface area contributed by atoms with Gasteiger partial charge in [-0.2, -0.15) is 0 Å². The van der Waals surface area contributed by atoms with Gasteiger partial charge in [-0.15, -0.1) is 0 Å². The van der Waals surface area contributed by atoms with Crippen molar-refractivity contribution in [2.45, 2.75) is 0 Å². The van der Waals surface area contributed by atoms with E-state index in [1.807, 2.05) is 0 Å². The molecule has 0 fully saturated rings. The highest BCUT2D eigenvalue weighted by atomic mass is 79.9. The molecule has 0 saturated carbocycles. The number of rotatable bonds is 3. The number of carbonyl (C=O) groups is 1. The van der Waals surface area contributed by atoms with E-state index in [1.165, 1.54) is 6.20 Å². The van der Waals surface area contributed by atoms with Gasteiger partial charge < -0.3 is 5.43 Å². The minimum absolute atomic E-state index is 0.267. The van der Waals surface area contributed by atoms with Gasteiger partial charge in [0.2, 0.25) is 5.13 Å². The fraction of sp³-hybridized carbons (Fsp3) is 0. The van der Waals surface area contributed by atoms with Crippen LogP contribution < -0.4 is 16.6 Å². The van der Waals surface area contributed by atoms with Gasteiger partial charge in [0.05, 0.1) is 5.56 Å². The Morgan fingerprint density at radius 1 is 1.53 bits per heavy atom. The van der Waals surface area contributed by atoms with Crippen LogP contribution in [-0.2, 0) is 0 Å². The van der Waals surface area contributed by atoms with Crippen LogP contribution in [0.1, 0.15) is 10.4 Å². The quantitative estimate of drug-likeness (QED) is 0.561. The molecule has 0 aromatic carbocycles. The van der Waals surface area contributed by atoms with Crippen LogP contribution in [-0.4, -0.2) is 25.7 Å². The summed E-state index contributed by atoms with van der Waals surface area (Å²) >= 11 is 4.20. The van der Waals surface area contributed by atoms with Crippen molar-refractivity contribution < 1.29 is 4.79 Å². The normalized spacial score (nSPS) is 10.0. The van der Waals surface area contributed by atoms with E-state index >= 15 is 0 Å². The van der Waals surface area contributed by atoms with Crippen LogP contribution in [0, 0.1) is 0 Å². The zero-order valence-electron chi connectivity index (χ0n) is 8.22. The average molecular weight is 316 g/mol. The Morgan fingerprint density at radius 2 is 2.35 bits per heavy atom. The van der Waals surface area contributed by atoms with Crippen LogP contribution in [0.5, 0.6) is 0 Å². The summed E-state index contributed by atoms with van der Waals surface area (Å²) in [5.74, 6) is 5.14. The molecule has 88 valence electrons. The predicted molar refractivity (Wildman–Crippen MR) is 65.4 cm³/mol. The summed E-state index contributed by atoms with van der Waals surface area (Å²) in [5.41, 5.74) is 2.63. The predicted octanol–water partition coefficient (Wildman–Crippen LogP) is 0.628. The van der Waals surface area contributed by atoms with E-state index in [0.717, 1.165) is 11.5 Å². The van der Waals surface area contributed by atoms with Crippen LogP contribution in [0.4, 0.5) is 10.9 Å². The van der Waals surface area contributed by atoms with Crippen LogP contribution in [0.25, 0.3) is 0 Å². The molecular formula is C7H6BrN7OS. The minimum atomic E-state index is -0.398. The van der Waals surface area contributed by atoms with Crippen molar-refractivity contribution in [1.29, 1.82) is 0 Å². The summed E-state index contributed by atoms with van der Waals surface area (Å²) in [6, 6.07) is 1.59. The number of pyridine rings is 1. The van der Waals surface area contributed by atoms with E-state index in [9.17, 15) is 4.79 Å². The molecule has 1 amide bonds. The van der Waals surface area contributed by atoms with Gasteiger partial charge in [0.25, 0.3) is 5.91 Å². The van der Waals surface area contributed by atoms with Crippen molar-refractivity contribution in [1.82, 2.24) is 19.8 Å². The summed E-state index contributed by atoms with van der Waals surface area (Å²) in [7, 11) is 0. The number of nitrogens with zero attached hydrogens (tertiary/aromatic N) is 4. The van der Waals surface area contributed by atoms with Crippen molar-refractivity contribution in [3.8, 4) is 0 Å². The van der Waals surface area contributed by atoms with Crippen molar-refractivity contribution in [2.24, 2.45) is 5.84 Å². The molecule has 0 aliphatic heterocycles. The number of hydrogen-bond acceptors (Lipinski definition) is 8. The first-order valence-corrected chi connectivity index (χ1v) is 5.86. The maximum Gasteiger partial charge on any atom is 0.261 e. The molecule has 0 spiro atoms. The van der Waals surface area contributed by atoms with Crippen LogP contribution >= 0.6 is 27.5 Å². The van der Waals surface area contributed by atoms with Gasteiger partial charge >= 0.3 is 0 Å². The summed E-state index contributed by atoms with van der Waals surface area (Å²) in [6.07, 6.45) is 1.53. The maximum absolute atomic E-state index is 11.9. The van der Waals surface area contributed by atoms with Gasteiger partial charge in [0.15, 0.2) is 5.82 Å². The fourth-order valence-electron chi connectivity index (χ4n) is 1.07. The number of nitrogens with two attached hydrogens (primary N) is 1. The average Bonchev–Trinajstić information content (AvgIpc) is 2.81.